The third-order valence-corrected chi connectivity index (χ3v) is 8.13. The third-order valence-electron chi connectivity index (χ3n) is 7.39. The van der Waals surface area contributed by atoms with Gasteiger partial charge in [-0.25, -0.2) is 0 Å². The van der Waals surface area contributed by atoms with Crippen molar-refractivity contribution < 1.29 is 14.6 Å². The van der Waals surface area contributed by atoms with E-state index in [1.165, 1.54) is 0 Å². The van der Waals surface area contributed by atoms with Gasteiger partial charge in [0.15, 0.2) is 0 Å². The summed E-state index contributed by atoms with van der Waals surface area (Å²) in [4.78, 5) is 17.0. The molecule has 2 atom stereocenters. The number of unbranched alkanes of at least 4 members (excludes halogenated alkanes) is 1. The molecule has 1 N–H and O–H groups in total. The summed E-state index contributed by atoms with van der Waals surface area (Å²) in [7, 11) is 1.85. The number of carbonyl (C=O) groups is 1. The molecule has 5 nitrogen and oxygen atoms in total. The second kappa shape index (κ2) is 13.0. The summed E-state index contributed by atoms with van der Waals surface area (Å²) in [5.74, 6) is 0.0326. The van der Waals surface area contributed by atoms with Gasteiger partial charge in [0, 0.05) is 37.8 Å². The summed E-state index contributed by atoms with van der Waals surface area (Å²) in [6.45, 7) is 3.80. The fourth-order valence-electron chi connectivity index (χ4n) is 5.28. The van der Waals surface area contributed by atoms with Crippen LogP contribution in [-0.4, -0.2) is 49.3 Å². The van der Waals surface area contributed by atoms with Gasteiger partial charge in [-0.15, -0.1) is 0 Å². The van der Waals surface area contributed by atoms with Gasteiger partial charge in [0.1, 0.15) is 0 Å². The second-order valence-electron chi connectivity index (χ2n) is 9.90. The molecule has 1 amide bonds. The summed E-state index contributed by atoms with van der Waals surface area (Å²) in [5.41, 5.74) is 3.27. The number of aliphatic hydroxyl groups is 1. The van der Waals surface area contributed by atoms with Gasteiger partial charge in [-0.2, -0.15) is 0 Å². The standard InChI is InChI=1S/C31H36Cl2N2O3/c1-3-4-17-34(2)30(37)23-10-13-26(14-11-23)35-18-16-31(38-20-19-36,25-8-6-5-7-9-25)22-29(35)24-12-15-27(32)28(33)21-24/h5-15,21,29,36H,3-4,16-20,22H2,1-2H3. The van der Waals surface area contributed by atoms with Crippen molar-refractivity contribution >= 4 is 34.8 Å². The molecule has 1 fully saturated rings. The van der Waals surface area contributed by atoms with E-state index >= 15 is 0 Å². The molecule has 7 heteroatoms. The van der Waals surface area contributed by atoms with Crippen molar-refractivity contribution in [3.63, 3.8) is 0 Å². The molecule has 1 heterocycles. The highest BCUT2D eigenvalue weighted by Gasteiger charge is 2.43. The maximum atomic E-state index is 12.9. The topological polar surface area (TPSA) is 53.0 Å². The number of amides is 1. The first-order chi connectivity index (χ1) is 18.4. The van der Waals surface area contributed by atoms with Crippen LogP contribution in [0.5, 0.6) is 0 Å². The fraction of sp³-hybridized carbons (Fsp3) is 0.387. The Morgan fingerprint density at radius 2 is 1.82 bits per heavy atom. The van der Waals surface area contributed by atoms with E-state index in [1.54, 1.807) is 4.90 Å². The van der Waals surface area contributed by atoms with Gasteiger partial charge >= 0.3 is 0 Å². The Morgan fingerprint density at radius 3 is 2.47 bits per heavy atom. The molecule has 1 aliphatic heterocycles. The molecular weight excluding hydrogens is 519 g/mol. The second-order valence-corrected chi connectivity index (χ2v) is 10.7. The quantitative estimate of drug-likeness (QED) is 0.290. The summed E-state index contributed by atoms with van der Waals surface area (Å²) < 4.78 is 6.42. The zero-order valence-corrected chi connectivity index (χ0v) is 23.6. The number of ether oxygens (including phenoxy) is 1. The first-order valence-corrected chi connectivity index (χ1v) is 14.0. The number of rotatable bonds is 10. The highest BCUT2D eigenvalue weighted by Crippen LogP contribution is 2.47. The Kier molecular flexibility index (Phi) is 9.72. The van der Waals surface area contributed by atoms with Crippen LogP contribution in [0.15, 0.2) is 72.8 Å². The number of hydrogen-bond acceptors (Lipinski definition) is 4. The Hall–Kier alpha value is -2.57. The lowest BCUT2D eigenvalue weighted by atomic mass is 9.78. The van der Waals surface area contributed by atoms with Crippen molar-refractivity contribution in [2.45, 2.75) is 44.2 Å². The van der Waals surface area contributed by atoms with Crippen molar-refractivity contribution in [3.05, 3.63) is 99.5 Å². The zero-order chi connectivity index (χ0) is 27.1. The van der Waals surface area contributed by atoms with Gasteiger partial charge in [-0.05, 0) is 60.4 Å². The molecule has 0 saturated carbocycles. The minimum Gasteiger partial charge on any atom is -0.394 e. The van der Waals surface area contributed by atoms with Crippen LogP contribution in [-0.2, 0) is 10.3 Å². The van der Waals surface area contributed by atoms with Crippen molar-refractivity contribution in [1.82, 2.24) is 4.90 Å². The van der Waals surface area contributed by atoms with Gasteiger partial charge in [0.25, 0.3) is 5.91 Å². The predicted molar refractivity (Wildman–Crippen MR) is 155 cm³/mol. The molecule has 202 valence electrons. The van der Waals surface area contributed by atoms with E-state index < -0.39 is 5.60 Å². The predicted octanol–water partition coefficient (Wildman–Crippen LogP) is 7.11. The van der Waals surface area contributed by atoms with Crippen LogP contribution in [0, 0.1) is 0 Å². The Bertz CT molecular complexity index is 1210. The Labute approximate surface area is 235 Å². The van der Waals surface area contributed by atoms with E-state index in [2.05, 4.69) is 24.0 Å². The summed E-state index contributed by atoms with van der Waals surface area (Å²) in [6.07, 6.45) is 3.44. The smallest absolute Gasteiger partial charge is 0.253 e. The van der Waals surface area contributed by atoms with Gasteiger partial charge in [0.05, 0.1) is 34.9 Å². The first-order valence-electron chi connectivity index (χ1n) is 13.3. The number of hydrogen-bond donors (Lipinski definition) is 1. The number of halogens is 2. The van der Waals surface area contributed by atoms with E-state index in [4.69, 9.17) is 27.9 Å². The number of benzene rings is 3. The molecule has 4 rings (SSSR count). The molecule has 38 heavy (non-hydrogen) atoms. The summed E-state index contributed by atoms with van der Waals surface area (Å²) in [6, 6.07) is 23.8. The summed E-state index contributed by atoms with van der Waals surface area (Å²) >= 11 is 12.7. The molecule has 0 spiro atoms. The van der Waals surface area contributed by atoms with Crippen molar-refractivity contribution in [1.29, 1.82) is 0 Å². The molecule has 0 bridgehead atoms. The molecular formula is C31H36Cl2N2O3. The monoisotopic (exact) mass is 554 g/mol. The van der Waals surface area contributed by atoms with E-state index in [1.807, 2.05) is 67.7 Å². The fourth-order valence-corrected chi connectivity index (χ4v) is 5.59. The van der Waals surface area contributed by atoms with E-state index in [0.717, 1.165) is 49.2 Å². The Morgan fingerprint density at radius 1 is 1.08 bits per heavy atom. The van der Waals surface area contributed by atoms with Crippen LogP contribution in [0.1, 0.15) is 60.1 Å². The van der Waals surface area contributed by atoms with Crippen molar-refractivity contribution in [2.75, 3.05) is 38.3 Å². The Balaban J connectivity index is 1.68. The molecule has 0 radical (unpaired) electrons. The largest absolute Gasteiger partial charge is 0.394 e. The highest BCUT2D eigenvalue weighted by atomic mass is 35.5. The average Bonchev–Trinajstić information content (AvgIpc) is 2.96. The van der Waals surface area contributed by atoms with Crippen LogP contribution < -0.4 is 4.90 Å². The van der Waals surface area contributed by atoms with Gasteiger partial charge < -0.3 is 19.6 Å². The molecule has 3 aromatic rings. The van der Waals surface area contributed by atoms with Gasteiger partial charge in [0.2, 0.25) is 0 Å². The molecule has 1 aliphatic rings. The van der Waals surface area contributed by atoms with Gasteiger partial charge in [-0.1, -0.05) is 72.9 Å². The summed E-state index contributed by atoms with van der Waals surface area (Å²) in [5, 5.41) is 10.6. The lowest BCUT2D eigenvalue weighted by molar-refractivity contribution is -0.0862. The van der Waals surface area contributed by atoms with Crippen molar-refractivity contribution in [2.24, 2.45) is 0 Å². The van der Waals surface area contributed by atoms with E-state index in [0.29, 0.717) is 22.0 Å². The molecule has 2 unspecified atom stereocenters. The van der Waals surface area contributed by atoms with Crippen LogP contribution in [0.2, 0.25) is 10.0 Å². The minimum absolute atomic E-state index is 0.0326. The number of aliphatic hydroxyl groups excluding tert-OH is 1. The van der Waals surface area contributed by atoms with E-state index in [-0.39, 0.29) is 25.2 Å². The lowest BCUT2D eigenvalue weighted by Crippen LogP contribution is -2.46. The molecule has 1 saturated heterocycles. The van der Waals surface area contributed by atoms with Crippen LogP contribution in [0.4, 0.5) is 5.69 Å². The van der Waals surface area contributed by atoms with Crippen LogP contribution >= 0.6 is 23.2 Å². The molecule has 3 aromatic carbocycles. The maximum Gasteiger partial charge on any atom is 0.253 e. The van der Waals surface area contributed by atoms with E-state index in [9.17, 15) is 9.90 Å². The SMILES string of the molecule is CCCCN(C)C(=O)c1ccc(N2CCC(OCCO)(c3ccccc3)CC2c2ccc(Cl)c(Cl)c2)cc1. The maximum absolute atomic E-state index is 12.9. The van der Waals surface area contributed by atoms with Gasteiger partial charge in [-0.3, -0.25) is 4.79 Å². The third kappa shape index (κ3) is 6.35. The normalized spacial score (nSPS) is 19.4. The lowest BCUT2D eigenvalue weighted by Gasteiger charge is -2.48. The zero-order valence-electron chi connectivity index (χ0n) is 22.1. The highest BCUT2D eigenvalue weighted by molar-refractivity contribution is 6.42. The number of piperidine rings is 1. The molecule has 0 aliphatic carbocycles. The number of anilines is 1. The minimum atomic E-state index is -0.560. The van der Waals surface area contributed by atoms with Crippen LogP contribution in [0.3, 0.4) is 0 Å². The number of carbonyl (C=O) groups excluding carboxylic acids is 1. The number of nitrogens with zero attached hydrogens (tertiary/aromatic N) is 2. The first kappa shape index (κ1) is 28.4. The van der Waals surface area contributed by atoms with Crippen LogP contribution in [0.25, 0.3) is 0 Å². The molecule has 0 aromatic heterocycles. The van der Waals surface area contributed by atoms with Crippen molar-refractivity contribution in [3.8, 4) is 0 Å². The average molecular weight is 556 g/mol.